The van der Waals surface area contributed by atoms with Crippen LogP contribution in [0.3, 0.4) is 0 Å². The average molecular weight is 447 g/mol. The third-order valence-electron chi connectivity index (χ3n) is 4.57. The van der Waals surface area contributed by atoms with Crippen LogP contribution in [0.25, 0.3) is 6.08 Å². The van der Waals surface area contributed by atoms with Crippen LogP contribution in [0.5, 0.6) is 23.0 Å². The molecule has 7 nitrogen and oxygen atoms in total. The van der Waals surface area contributed by atoms with E-state index in [2.05, 4.69) is 0 Å². The van der Waals surface area contributed by atoms with Gasteiger partial charge in [0.25, 0.3) is 0 Å². The van der Waals surface area contributed by atoms with E-state index < -0.39 is 11.6 Å². The van der Waals surface area contributed by atoms with Crippen molar-refractivity contribution in [2.75, 3.05) is 20.8 Å². The number of fused-ring (bicyclic) bond motifs is 1. The Bertz CT molecular complexity index is 1040. The molecule has 31 heavy (non-hydrogen) atoms. The van der Waals surface area contributed by atoms with E-state index in [4.69, 9.17) is 35.3 Å². The molecule has 0 spiro atoms. The molecule has 164 valence electrons. The van der Waals surface area contributed by atoms with Gasteiger partial charge in [0, 0.05) is 6.07 Å². The van der Waals surface area contributed by atoms with Crippen molar-refractivity contribution in [2.24, 2.45) is 0 Å². The van der Waals surface area contributed by atoms with Crippen LogP contribution < -0.4 is 18.9 Å². The summed E-state index contributed by atoms with van der Waals surface area (Å²) in [5, 5.41) is 0.194. The van der Waals surface area contributed by atoms with E-state index in [1.807, 2.05) is 0 Å². The molecule has 2 aromatic rings. The molecule has 2 aromatic carbocycles. The predicted octanol–water partition coefficient (Wildman–Crippen LogP) is 4.69. The molecule has 0 saturated carbocycles. The van der Waals surface area contributed by atoms with Crippen molar-refractivity contribution in [1.82, 2.24) is 0 Å². The number of benzene rings is 2. The summed E-state index contributed by atoms with van der Waals surface area (Å²) in [4.78, 5) is 24.9. The van der Waals surface area contributed by atoms with E-state index in [0.717, 1.165) is 0 Å². The van der Waals surface area contributed by atoms with Gasteiger partial charge in [-0.05, 0) is 44.5 Å². The van der Waals surface area contributed by atoms with E-state index in [0.29, 0.717) is 22.8 Å². The second kappa shape index (κ2) is 8.89. The number of ketones is 1. The minimum absolute atomic E-state index is 0.101. The quantitative estimate of drug-likeness (QED) is 0.450. The van der Waals surface area contributed by atoms with Gasteiger partial charge >= 0.3 is 5.97 Å². The van der Waals surface area contributed by atoms with Gasteiger partial charge in [-0.25, -0.2) is 4.79 Å². The SMILES string of the molecule is CCOC(=O)C(C)(C)Oc1ccc(/C=C2\Oc3c(Cl)c(OC)cc(OC)c3C2=O)cc1. The van der Waals surface area contributed by atoms with Crippen molar-refractivity contribution < 1.29 is 33.3 Å². The third-order valence-corrected chi connectivity index (χ3v) is 4.93. The zero-order valence-corrected chi connectivity index (χ0v) is 18.7. The van der Waals surface area contributed by atoms with Crippen LogP contribution >= 0.6 is 11.6 Å². The molecule has 0 radical (unpaired) electrons. The summed E-state index contributed by atoms with van der Waals surface area (Å²) in [6.07, 6.45) is 1.59. The van der Waals surface area contributed by atoms with E-state index in [1.165, 1.54) is 14.2 Å². The first-order valence-corrected chi connectivity index (χ1v) is 9.94. The topological polar surface area (TPSA) is 80.3 Å². The van der Waals surface area contributed by atoms with Gasteiger partial charge in [0.05, 0.1) is 20.8 Å². The first-order chi connectivity index (χ1) is 14.7. The molecular weight excluding hydrogens is 424 g/mol. The summed E-state index contributed by atoms with van der Waals surface area (Å²) in [5.41, 5.74) is -0.190. The molecule has 0 aromatic heterocycles. The summed E-state index contributed by atoms with van der Waals surface area (Å²) in [7, 11) is 2.92. The number of rotatable bonds is 7. The van der Waals surface area contributed by atoms with Crippen LogP contribution in [0.2, 0.25) is 5.02 Å². The van der Waals surface area contributed by atoms with Crippen molar-refractivity contribution in [3.63, 3.8) is 0 Å². The number of halogens is 1. The Hall–Kier alpha value is -3.19. The Morgan fingerprint density at radius 1 is 1.13 bits per heavy atom. The molecule has 0 aliphatic carbocycles. The Morgan fingerprint density at radius 2 is 1.77 bits per heavy atom. The number of hydrogen-bond donors (Lipinski definition) is 0. The number of hydrogen-bond acceptors (Lipinski definition) is 7. The van der Waals surface area contributed by atoms with Crippen LogP contribution in [0.4, 0.5) is 0 Å². The van der Waals surface area contributed by atoms with Gasteiger partial charge < -0.3 is 23.7 Å². The van der Waals surface area contributed by atoms with E-state index >= 15 is 0 Å². The molecule has 8 heteroatoms. The lowest BCUT2D eigenvalue weighted by molar-refractivity contribution is -0.158. The van der Waals surface area contributed by atoms with E-state index in [1.54, 1.807) is 57.2 Å². The maximum absolute atomic E-state index is 12.9. The first kappa shape index (κ1) is 22.5. The van der Waals surface area contributed by atoms with Gasteiger partial charge in [-0.1, -0.05) is 23.7 Å². The second-order valence-corrected chi connectivity index (χ2v) is 7.52. The fourth-order valence-corrected chi connectivity index (χ4v) is 3.27. The molecule has 1 heterocycles. The Kier molecular flexibility index (Phi) is 6.45. The zero-order valence-electron chi connectivity index (χ0n) is 17.9. The molecule has 0 amide bonds. The highest BCUT2D eigenvalue weighted by atomic mass is 35.5. The lowest BCUT2D eigenvalue weighted by atomic mass is 10.1. The van der Waals surface area contributed by atoms with Gasteiger partial charge in [0.15, 0.2) is 17.1 Å². The molecule has 0 atom stereocenters. The Balaban J connectivity index is 1.84. The molecule has 0 bridgehead atoms. The van der Waals surface area contributed by atoms with Gasteiger partial charge in [-0.15, -0.1) is 0 Å². The summed E-state index contributed by atoms with van der Waals surface area (Å²) in [6.45, 7) is 5.28. The number of esters is 1. The third kappa shape index (κ3) is 4.46. The highest BCUT2D eigenvalue weighted by Crippen LogP contribution is 2.48. The molecule has 0 unspecified atom stereocenters. The fourth-order valence-electron chi connectivity index (χ4n) is 3.01. The van der Waals surface area contributed by atoms with Gasteiger partial charge in [0.1, 0.15) is 27.8 Å². The maximum Gasteiger partial charge on any atom is 0.349 e. The van der Waals surface area contributed by atoms with Crippen molar-refractivity contribution >= 4 is 29.4 Å². The van der Waals surface area contributed by atoms with Crippen molar-refractivity contribution in [3.05, 3.63) is 52.2 Å². The van der Waals surface area contributed by atoms with Crippen LogP contribution in [0.15, 0.2) is 36.1 Å². The second-order valence-electron chi connectivity index (χ2n) is 7.14. The van der Waals surface area contributed by atoms with Gasteiger partial charge in [-0.2, -0.15) is 0 Å². The Labute approximate surface area is 185 Å². The average Bonchev–Trinajstić information content (AvgIpc) is 3.07. The van der Waals surface area contributed by atoms with Gasteiger partial charge in [0.2, 0.25) is 5.78 Å². The highest BCUT2D eigenvalue weighted by Gasteiger charge is 2.35. The summed E-state index contributed by atoms with van der Waals surface area (Å²) < 4.78 is 27.0. The molecular formula is C23H23ClO7. The first-order valence-electron chi connectivity index (χ1n) is 9.56. The molecule has 0 fully saturated rings. The predicted molar refractivity (Wildman–Crippen MR) is 115 cm³/mol. The number of ether oxygens (including phenoxy) is 5. The minimum Gasteiger partial charge on any atom is -0.496 e. The maximum atomic E-state index is 12.9. The lowest BCUT2D eigenvalue weighted by Gasteiger charge is -2.24. The smallest absolute Gasteiger partial charge is 0.349 e. The van der Waals surface area contributed by atoms with Crippen LogP contribution in [0.1, 0.15) is 36.7 Å². The number of carbonyl (C=O) groups excluding carboxylic acids is 2. The van der Waals surface area contributed by atoms with Crippen LogP contribution in [-0.4, -0.2) is 38.2 Å². The molecule has 0 saturated heterocycles. The molecule has 1 aliphatic rings. The van der Waals surface area contributed by atoms with Crippen molar-refractivity contribution in [3.8, 4) is 23.0 Å². The lowest BCUT2D eigenvalue weighted by Crippen LogP contribution is -2.39. The highest BCUT2D eigenvalue weighted by molar-refractivity contribution is 6.35. The van der Waals surface area contributed by atoms with E-state index in [9.17, 15) is 9.59 Å². The summed E-state index contributed by atoms with van der Waals surface area (Å²) in [6, 6.07) is 8.40. The number of Topliss-reactive ketones (excluding diaryl/α,β-unsaturated/α-hetero) is 1. The largest absolute Gasteiger partial charge is 0.496 e. The monoisotopic (exact) mass is 446 g/mol. The zero-order chi connectivity index (χ0) is 22.8. The summed E-state index contributed by atoms with van der Waals surface area (Å²) in [5.74, 6) is 0.641. The standard InChI is InChI=1S/C23H23ClO7/c1-6-29-22(26)23(2,3)31-14-9-7-13(8-10-14)11-17-20(25)18-15(27-4)12-16(28-5)19(24)21(18)30-17/h7-12H,6H2,1-5H3/b17-11-. The van der Waals surface area contributed by atoms with E-state index in [-0.39, 0.29) is 34.5 Å². The summed E-state index contributed by atoms with van der Waals surface area (Å²) >= 11 is 6.31. The van der Waals surface area contributed by atoms with Crippen molar-refractivity contribution in [2.45, 2.75) is 26.4 Å². The normalized spacial score (nSPS) is 14.1. The molecule has 1 aliphatic heterocycles. The molecule has 0 N–H and O–H groups in total. The fraction of sp³-hybridized carbons (Fsp3) is 0.304. The minimum atomic E-state index is -1.13. The van der Waals surface area contributed by atoms with Crippen LogP contribution in [-0.2, 0) is 9.53 Å². The van der Waals surface area contributed by atoms with Gasteiger partial charge in [-0.3, -0.25) is 4.79 Å². The van der Waals surface area contributed by atoms with Crippen molar-refractivity contribution in [1.29, 1.82) is 0 Å². The van der Waals surface area contributed by atoms with Crippen LogP contribution in [0, 0.1) is 0 Å². The number of methoxy groups -OCH3 is 2. The number of carbonyl (C=O) groups is 2. The molecule has 3 rings (SSSR count). The number of allylic oxidation sites excluding steroid dienone is 1. The Morgan fingerprint density at radius 3 is 2.35 bits per heavy atom.